The summed E-state index contributed by atoms with van der Waals surface area (Å²) in [7, 11) is 0. The van der Waals surface area contributed by atoms with Crippen molar-refractivity contribution in [3.8, 4) is 11.1 Å². The van der Waals surface area contributed by atoms with E-state index in [4.69, 9.17) is 5.73 Å². The SMILES string of the molecule is Cc1cc(N)ncc1-c1cnn(C(C)C)c1F. The fourth-order valence-corrected chi connectivity index (χ4v) is 1.75. The number of rotatable bonds is 2. The number of nitrogens with zero attached hydrogens (tertiary/aromatic N) is 3. The second kappa shape index (κ2) is 4.16. The van der Waals surface area contributed by atoms with Crippen LogP contribution in [0.4, 0.5) is 10.2 Å². The van der Waals surface area contributed by atoms with Gasteiger partial charge in [-0.1, -0.05) is 0 Å². The molecule has 0 radical (unpaired) electrons. The Kier molecular flexibility index (Phi) is 2.83. The fraction of sp³-hybridized carbons (Fsp3) is 0.333. The topological polar surface area (TPSA) is 56.7 Å². The van der Waals surface area contributed by atoms with Gasteiger partial charge in [0.05, 0.1) is 11.8 Å². The third-order valence-electron chi connectivity index (χ3n) is 2.65. The first kappa shape index (κ1) is 11.6. The molecule has 0 aromatic carbocycles. The van der Waals surface area contributed by atoms with Crippen molar-refractivity contribution < 1.29 is 4.39 Å². The summed E-state index contributed by atoms with van der Waals surface area (Å²) < 4.78 is 15.4. The van der Waals surface area contributed by atoms with Gasteiger partial charge in [0, 0.05) is 17.8 Å². The smallest absolute Gasteiger partial charge is 0.219 e. The van der Waals surface area contributed by atoms with Gasteiger partial charge in [0.1, 0.15) is 5.82 Å². The number of nitrogens with two attached hydrogens (primary N) is 1. The van der Waals surface area contributed by atoms with E-state index in [2.05, 4.69) is 10.1 Å². The molecule has 5 heteroatoms. The van der Waals surface area contributed by atoms with Crippen LogP contribution in [-0.4, -0.2) is 14.8 Å². The van der Waals surface area contributed by atoms with Crippen molar-refractivity contribution >= 4 is 5.82 Å². The number of aromatic nitrogens is 3. The van der Waals surface area contributed by atoms with Crippen molar-refractivity contribution in [3.05, 3.63) is 30.0 Å². The standard InChI is InChI=1S/C12H15FN4/c1-7(2)17-12(13)10(6-16-17)9-5-15-11(14)4-8(9)3/h4-7H,1-3H3,(H2,14,15). The van der Waals surface area contributed by atoms with E-state index in [0.717, 1.165) is 11.1 Å². The normalized spacial score (nSPS) is 11.1. The average Bonchev–Trinajstić information content (AvgIpc) is 2.60. The van der Waals surface area contributed by atoms with Crippen LogP contribution >= 0.6 is 0 Å². The zero-order valence-corrected chi connectivity index (χ0v) is 10.1. The van der Waals surface area contributed by atoms with Crippen molar-refractivity contribution in [2.24, 2.45) is 0 Å². The number of pyridine rings is 1. The van der Waals surface area contributed by atoms with E-state index in [9.17, 15) is 4.39 Å². The molecular formula is C12H15FN4. The summed E-state index contributed by atoms with van der Waals surface area (Å²) >= 11 is 0. The van der Waals surface area contributed by atoms with Gasteiger partial charge in [0.15, 0.2) is 0 Å². The summed E-state index contributed by atoms with van der Waals surface area (Å²) in [5.41, 5.74) is 7.65. The van der Waals surface area contributed by atoms with E-state index in [1.807, 2.05) is 20.8 Å². The third-order valence-corrected chi connectivity index (χ3v) is 2.65. The Bertz CT molecular complexity index is 545. The van der Waals surface area contributed by atoms with Crippen LogP contribution in [0.2, 0.25) is 0 Å². The lowest BCUT2D eigenvalue weighted by Gasteiger charge is -2.07. The van der Waals surface area contributed by atoms with Crippen molar-refractivity contribution in [1.29, 1.82) is 0 Å². The number of aryl methyl sites for hydroxylation is 1. The minimum absolute atomic E-state index is 0.00852. The maximum atomic E-state index is 14.1. The van der Waals surface area contributed by atoms with Crippen molar-refractivity contribution in [2.75, 3.05) is 5.73 Å². The Hall–Kier alpha value is -1.91. The lowest BCUT2D eigenvalue weighted by atomic mass is 10.1. The molecule has 0 atom stereocenters. The molecule has 0 spiro atoms. The van der Waals surface area contributed by atoms with Gasteiger partial charge >= 0.3 is 0 Å². The summed E-state index contributed by atoms with van der Waals surface area (Å²) in [6.07, 6.45) is 3.10. The van der Waals surface area contributed by atoms with Gasteiger partial charge in [-0.2, -0.15) is 9.49 Å². The zero-order valence-electron chi connectivity index (χ0n) is 10.1. The maximum absolute atomic E-state index is 14.1. The van der Waals surface area contributed by atoms with E-state index in [0.29, 0.717) is 11.4 Å². The molecule has 0 bridgehead atoms. The molecule has 0 amide bonds. The molecule has 2 N–H and O–H groups in total. The van der Waals surface area contributed by atoms with Crippen molar-refractivity contribution in [3.63, 3.8) is 0 Å². The second-order valence-electron chi connectivity index (χ2n) is 4.31. The van der Waals surface area contributed by atoms with Crippen molar-refractivity contribution in [2.45, 2.75) is 26.8 Å². The summed E-state index contributed by atoms with van der Waals surface area (Å²) in [5, 5.41) is 4.04. The summed E-state index contributed by atoms with van der Waals surface area (Å²) in [4.78, 5) is 3.99. The lowest BCUT2D eigenvalue weighted by Crippen LogP contribution is -2.05. The molecule has 0 aliphatic heterocycles. The van der Waals surface area contributed by atoms with Gasteiger partial charge in [-0.05, 0) is 32.4 Å². The average molecular weight is 234 g/mol. The van der Waals surface area contributed by atoms with Gasteiger partial charge in [-0.15, -0.1) is 0 Å². The highest BCUT2D eigenvalue weighted by molar-refractivity contribution is 5.66. The Morgan fingerprint density at radius 1 is 1.29 bits per heavy atom. The predicted octanol–water partition coefficient (Wildman–Crippen LogP) is 2.56. The van der Waals surface area contributed by atoms with Crippen LogP contribution < -0.4 is 5.73 Å². The molecule has 0 aliphatic carbocycles. The third kappa shape index (κ3) is 2.00. The molecule has 0 fully saturated rings. The van der Waals surface area contributed by atoms with Crippen LogP contribution in [-0.2, 0) is 0 Å². The first-order chi connectivity index (χ1) is 8.00. The summed E-state index contributed by atoms with van der Waals surface area (Å²) in [5.74, 6) is 0.0950. The first-order valence-electron chi connectivity index (χ1n) is 5.46. The molecular weight excluding hydrogens is 219 g/mol. The Labute approximate surface area is 99.3 Å². The Morgan fingerprint density at radius 2 is 2.00 bits per heavy atom. The first-order valence-corrected chi connectivity index (χ1v) is 5.46. The molecule has 0 aliphatic rings. The fourth-order valence-electron chi connectivity index (χ4n) is 1.75. The molecule has 2 aromatic rings. The summed E-state index contributed by atoms with van der Waals surface area (Å²) in [6, 6.07) is 1.72. The highest BCUT2D eigenvalue weighted by Crippen LogP contribution is 2.27. The predicted molar refractivity (Wildman–Crippen MR) is 65.0 cm³/mol. The Balaban J connectivity index is 2.54. The molecule has 0 saturated heterocycles. The number of hydrogen-bond donors (Lipinski definition) is 1. The molecule has 90 valence electrons. The highest BCUT2D eigenvalue weighted by atomic mass is 19.1. The minimum Gasteiger partial charge on any atom is -0.384 e. The van der Waals surface area contributed by atoms with Crippen molar-refractivity contribution in [1.82, 2.24) is 14.8 Å². The number of anilines is 1. The van der Waals surface area contributed by atoms with Crippen LogP contribution in [0, 0.1) is 12.9 Å². The molecule has 17 heavy (non-hydrogen) atoms. The van der Waals surface area contributed by atoms with Gasteiger partial charge in [0.2, 0.25) is 5.95 Å². The molecule has 2 aromatic heterocycles. The van der Waals surface area contributed by atoms with E-state index >= 15 is 0 Å². The van der Waals surface area contributed by atoms with E-state index in [1.54, 1.807) is 12.3 Å². The quantitative estimate of drug-likeness (QED) is 0.868. The zero-order chi connectivity index (χ0) is 12.6. The monoisotopic (exact) mass is 234 g/mol. The molecule has 0 unspecified atom stereocenters. The van der Waals surface area contributed by atoms with Gasteiger partial charge < -0.3 is 5.73 Å². The number of hydrogen-bond acceptors (Lipinski definition) is 3. The largest absolute Gasteiger partial charge is 0.384 e. The van der Waals surface area contributed by atoms with Gasteiger partial charge in [0.25, 0.3) is 0 Å². The van der Waals surface area contributed by atoms with Crippen LogP contribution in [0.15, 0.2) is 18.5 Å². The van der Waals surface area contributed by atoms with Crippen LogP contribution in [0.25, 0.3) is 11.1 Å². The highest BCUT2D eigenvalue weighted by Gasteiger charge is 2.15. The lowest BCUT2D eigenvalue weighted by molar-refractivity contribution is 0.417. The van der Waals surface area contributed by atoms with Crippen LogP contribution in [0.3, 0.4) is 0 Å². The van der Waals surface area contributed by atoms with Gasteiger partial charge in [-0.3, -0.25) is 0 Å². The molecule has 4 nitrogen and oxygen atoms in total. The molecule has 2 rings (SSSR count). The second-order valence-corrected chi connectivity index (χ2v) is 4.31. The molecule has 2 heterocycles. The number of nitrogen functional groups attached to an aromatic ring is 1. The molecule has 0 saturated carbocycles. The van der Waals surface area contributed by atoms with Crippen LogP contribution in [0.1, 0.15) is 25.5 Å². The van der Waals surface area contributed by atoms with E-state index < -0.39 is 0 Å². The van der Waals surface area contributed by atoms with Gasteiger partial charge in [-0.25, -0.2) is 9.67 Å². The van der Waals surface area contributed by atoms with E-state index in [1.165, 1.54) is 10.9 Å². The maximum Gasteiger partial charge on any atom is 0.219 e. The minimum atomic E-state index is -0.338. The van der Waals surface area contributed by atoms with Crippen LogP contribution in [0.5, 0.6) is 0 Å². The van der Waals surface area contributed by atoms with E-state index in [-0.39, 0.29) is 12.0 Å². The number of halogens is 1. The Morgan fingerprint density at radius 3 is 2.53 bits per heavy atom. The summed E-state index contributed by atoms with van der Waals surface area (Å²) in [6.45, 7) is 5.64.